The van der Waals surface area contributed by atoms with Crippen LogP contribution in [-0.4, -0.2) is 46.1 Å². The minimum Gasteiger partial charge on any atom is -0.497 e. The molecule has 0 aliphatic rings. The number of rotatable bonds is 9. The normalized spacial score (nSPS) is 11.3. The van der Waals surface area contributed by atoms with Crippen LogP contribution >= 0.6 is 0 Å². The van der Waals surface area contributed by atoms with Gasteiger partial charge in [0.05, 0.1) is 25.7 Å². The fraction of sp³-hybridized carbons (Fsp3) is 0.316. The topological polar surface area (TPSA) is 82.1 Å². The van der Waals surface area contributed by atoms with Gasteiger partial charge < -0.3 is 14.2 Å². The molecule has 0 spiro atoms. The molecule has 0 saturated heterocycles. The van der Waals surface area contributed by atoms with E-state index in [9.17, 15) is 13.2 Å². The number of carbonyl (C=O) groups is 1. The van der Waals surface area contributed by atoms with Crippen LogP contribution in [0.25, 0.3) is 0 Å². The summed E-state index contributed by atoms with van der Waals surface area (Å²) in [4.78, 5) is 12.0. The van der Waals surface area contributed by atoms with Crippen molar-refractivity contribution in [3.8, 4) is 11.5 Å². The molecular formula is C19H23NO6S. The third-order valence-electron chi connectivity index (χ3n) is 3.80. The monoisotopic (exact) mass is 393 g/mol. The Balaban J connectivity index is 2.35. The molecule has 2 rings (SSSR count). The Labute approximate surface area is 159 Å². The standard InChI is InChI=1S/C19H23NO6S/c1-4-26-19(21)14-20(13-15-6-5-7-17(12-15)25-3)27(22,23)18-10-8-16(24-2)9-11-18/h5-12H,4,13-14H2,1-3H3. The second kappa shape index (κ2) is 9.38. The maximum Gasteiger partial charge on any atom is 0.321 e. The molecule has 0 amide bonds. The van der Waals surface area contributed by atoms with Crippen molar-refractivity contribution < 1.29 is 27.4 Å². The molecule has 7 nitrogen and oxygen atoms in total. The predicted octanol–water partition coefficient (Wildman–Crippen LogP) is 2.46. The molecule has 0 saturated carbocycles. The molecule has 0 aliphatic heterocycles. The summed E-state index contributed by atoms with van der Waals surface area (Å²) in [6.45, 7) is 1.46. The van der Waals surface area contributed by atoms with Gasteiger partial charge in [-0.05, 0) is 48.9 Å². The molecular weight excluding hydrogens is 370 g/mol. The lowest BCUT2D eigenvalue weighted by Gasteiger charge is -2.22. The van der Waals surface area contributed by atoms with E-state index in [4.69, 9.17) is 14.2 Å². The first-order valence-corrected chi connectivity index (χ1v) is 9.77. The van der Waals surface area contributed by atoms with Crippen molar-refractivity contribution in [3.05, 3.63) is 54.1 Å². The molecule has 0 aliphatic carbocycles. The van der Waals surface area contributed by atoms with Gasteiger partial charge in [0, 0.05) is 6.54 Å². The smallest absolute Gasteiger partial charge is 0.321 e. The van der Waals surface area contributed by atoms with Gasteiger partial charge in [0.25, 0.3) is 0 Å². The average Bonchev–Trinajstić information content (AvgIpc) is 2.68. The van der Waals surface area contributed by atoms with Crippen LogP contribution in [0.5, 0.6) is 11.5 Å². The summed E-state index contributed by atoms with van der Waals surface area (Å²) in [5.74, 6) is 0.529. The number of methoxy groups -OCH3 is 2. The van der Waals surface area contributed by atoms with E-state index in [1.165, 1.54) is 26.4 Å². The van der Waals surface area contributed by atoms with E-state index >= 15 is 0 Å². The van der Waals surface area contributed by atoms with Gasteiger partial charge in [-0.25, -0.2) is 8.42 Å². The number of esters is 1. The molecule has 2 aromatic rings. The van der Waals surface area contributed by atoms with Crippen LogP contribution in [0.2, 0.25) is 0 Å². The lowest BCUT2D eigenvalue weighted by molar-refractivity contribution is -0.143. The van der Waals surface area contributed by atoms with Gasteiger partial charge in [0.1, 0.15) is 18.0 Å². The summed E-state index contributed by atoms with van der Waals surface area (Å²) in [6.07, 6.45) is 0. The highest BCUT2D eigenvalue weighted by Gasteiger charge is 2.27. The summed E-state index contributed by atoms with van der Waals surface area (Å²) in [5.41, 5.74) is 0.690. The molecule has 0 heterocycles. The van der Waals surface area contributed by atoms with Crippen LogP contribution in [0.4, 0.5) is 0 Å². The van der Waals surface area contributed by atoms with E-state index in [0.29, 0.717) is 17.1 Å². The fourth-order valence-corrected chi connectivity index (χ4v) is 3.82. The number of ether oxygens (including phenoxy) is 3. The third-order valence-corrected chi connectivity index (χ3v) is 5.61. The zero-order chi connectivity index (χ0) is 19.9. The number of hydrogen-bond donors (Lipinski definition) is 0. The zero-order valence-corrected chi connectivity index (χ0v) is 16.4. The van der Waals surface area contributed by atoms with Crippen molar-refractivity contribution in [2.75, 3.05) is 27.4 Å². The summed E-state index contributed by atoms with van der Waals surface area (Å²) >= 11 is 0. The van der Waals surface area contributed by atoms with Crippen LogP contribution in [0, 0.1) is 0 Å². The molecule has 0 unspecified atom stereocenters. The number of benzene rings is 2. The molecule has 0 bridgehead atoms. The first-order chi connectivity index (χ1) is 12.9. The van der Waals surface area contributed by atoms with Crippen LogP contribution in [0.3, 0.4) is 0 Å². The van der Waals surface area contributed by atoms with Crippen molar-refractivity contribution in [3.63, 3.8) is 0 Å². The van der Waals surface area contributed by atoms with Gasteiger partial charge in [0.2, 0.25) is 10.0 Å². The van der Waals surface area contributed by atoms with Gasteiger partial charge in [-0.2, -0.15) is 4.31 Å². The highest BCUT2D eigenvalue weighted by molar-refractivity contribution is 7.89. The molecule has 0 aromatic heterocycles. The van der Waals surface area contributed by atoms with Crippen LogP contribution in [-0.2, 0) is 26.1 Å². The summed E-state index contributed by atoms with van der Waals surface area (Å²) in [6, 6.07) is 13.0. The zero-order valence-electron chi connectivity index (χ0n) is 15.5. The van der Waals surface area contributed by atoms with Gasteiger partial charge in [-0.1, -0.05) is 12.1 Å². The summed E-state index contributed by atoms with van der Waals surface area (Å²) in [7, 11) is -0.890. The maximum absolute atomic E-state index is 13.1. The van der Waals surface area contributed by atoms with E-state index in [-0.39, 0.29) is 24.6 Å². The maximum atomic E-state index is 13.1. The second-order valence-corrected chi connectivity index (χ2v) is 7.54. The van der Waals surface area contributed by atoms with Crippen molar-refractivity contribution in [2.24, 2.45) is 0 Å². The van der Waals surface area contributed by atoms with Crippen LogP contribution in [0.15, 0.2) is 53.4 Å². The van der Waals surface area contributed by atoms with E-state index < -0.39 is 16.0 Å². The molecule has 0 fully saturated rings. The number of sulfonamides is 1. The highest BCUT2D eigenvalue weighted by Crippen LogP contribution is 2.22. The quantitative estimate of drug-likeness (QED) is 0.609. The van der Waals surface area contributed by atoms with Gasteiger partial charge in [-0.15, -0.1) is 0 Å². The SMILES string of the molecule is CCOC(=O)CN(Cc1cccc(OC)c1)S(=O)(=O)c1ccc(OC)cc1. The van der Waals surface area contributed by atoms with E-state index in [1.54, 1.807) is 43.3 Å². The third kappa shape index (κ3) is 5.45. The van der Waals surface area contributed by atoms with Gasteiger partial charge >= 0.3 is 5.97 Å². The summed E-state index contributed by atoms with van der Waals surface area (Å²) < 4.78 is 42.4. The Kier molecular flexibility index (Phi) is 7.20. The second-order valence-electron chi connectivity index (χ2n) is 5.61. The Hall–Kier alpha value is -2.58. The largest absolute Gasteiger partial charge is 0.497 e. The van der Waals surface area contributed by atoms with Gasteiger partial charge in [0.15, 0.2) is 0 Å². The average molecular weight is 393 g/mol. The number of carbonyl (C=O) groups excluding carboxylic acids is 1. The molecule has 8 heteroatoms. The Morgan fingerprint density at radius 1 is 1.00 bits per heavy atom. The molecule has 0 N–H and O–H groups in total. The minimum atomic E-state index is -3.92. The molecule has 2 aromatic carbocycles. The number of nitrogens with zero attached hydrogens (tertiary/aromatic N) is 1. The van der Waals surface area contributed by atoms with Crippen LogP contribution < -0.4 is 9.47 Å². The van der Waals surface area contributed by atoms with Crippen molar-refractivity contribution >= 4 is 16.0 Å². The van der Waals surface area contributed by atoms with E-state index in [0.717, 1.165) is 4.31 Å². The van der Waals surface area contributed by atoms with E-state index in [1.807, 2.05) is 0 Å². The Bertz CT molecular complexity index is 864. The van der Waals surface area contributed by atoms with Crippen molar-refractivity contribution in [2.45, 2.75) is 18.4 Å². The molecule has 0 radical (unpaired) electrons. The minimum absolute atomic E-state index is 0.00434. The summed E-state index contributed by atoms with van der Waals surface area (Å²) in [5, 5.41) is 0. The predicted molar refractivity (Wildman–Crippen MR) is 100 cm³/mol. The number of hydrogen-bond acceptors (Lipinski definition) is 6. The Morgan fingerprint density at radius 2 is 1.67 bits per heavy atom. The molecule has 27 heavy (non-hydrogen) atoms. The lowest BCUT2D eigenvalue weighted by Crippen LogP contribution is -2.36. The molecule has 146 valence electrons. The van der Waals surface area contributed by atoms with E-state index in [2.05, 4.69) is 0 Å². The molecule has 0 atom stereocenters. The van der Waals surface area contributed by atoms with Crippen molar-refractivity contribution in [1.82, 2.24) is 4.31 Å². The first-order valence-electron chi connectivity index (χ1n) is 8.33. The fourth-order valence-electron chi connectivity index (χ4n) is 2.45. The van der Waals surface area contributed by atoms with Crippen LogP contribution in [0.1, 0.15) is 12.5 Å². The Morgan fingerprint density at radius 3 is 2.26 bits per heavy atom. The van der Waals surface area contributed by atoms with Gasteiger partial charge in [-0.3, -0.25) is 4.79 Å². The first kappa shape index (κ1) is 20.7. The van der Waals surface area contributed by atoms with Crippen molar-refractivity contribution in [1.29, 1.82) is 0 Å². The highest BCUT2D eigenvalue weighted by atomic mass is 32.2. The lowest BCUT2D eigenvalue weighted by atomic mass is 10.2.